The van der Waals surface area contributed by atoms with Gasteiger partial charge in [0.2, 0.25) is 5.95 Å². The molecule has 0 atom stereocenters. The van der Waals surface area contributed by atoms with Gasteiger partial charge >= 0.3 is 0 Å². The molecule has 0 radical (unpaired) electrons. The summed E-state index contributed by atoms with van der Waals surface area (Å²) in [5.41, 5.74) is 8.80. The molecule has 0 aliphatic carbocycles. The number of rotatable bonds is 3. The summed E-state index contributed by atoms with van der Waals surface area (Å²) in [4.78, 5) is 4.26. The molecule has 1 heterocycles. The standard InChI is InChI=1S/C13H16ClN3/c1-3-4-9-5-7-10(8-6-9)11-12(14)17(2)13(15)16-11/h5-8H,3-4H2,1-2H3,(H2,15,16). The molecule has 90 valence electrons. The van der Waals surface area contributed by atoms with E-state index in [0.717, 1.165) is 24.1 Å². The summed E-state index contributed by atoms with van der Waals surface area (Å²) >= 11 is 6.17. The second kappa shape index (κ2) is 4.80. The molecule has 2 aromatic rings. The van der Waals surface area contributed by atoms with Crippen molar-refractivity contribution in [2.45, 2.75) is 19.8 Å². The van der Waals surface area contributed by atoms with Gasteiger partial charge in [0.25, 0.3) is 0 Å². The molecule has 17 heavy (non-hydrogen) atoms. The predicted octanol–water partition coefficient (Wildman–Crippen LogP) is 3.28. The number of aromatic nitrogens is 2. The Kier molecular flexibility index (Phi) is 3.38. The lowest BCUT2D eigenvalue weighted by molar-refractivity contribution is 0.922. The minimum absolute atomic E-state index is 0.433. The fourth-order valence-electron chi connectivity index (χ4n) is 1.80. The normalized spacial score (nSPS) is 10.8. The average molecular weight is 250 g/mol. The Balaban J connectivity index is 2.36. The largest absolute Gasteiger partial charge is 0.369 e. The Morgan fingerprint density at radius 3 is 2.41 bits per heavy atom. The van der Waals surface area contributed by atoms with E-state index in [4.69, 9.17) is 17.3 Å². The van der Waals surface area contributed by atoms with E-state index in [1.54, 1.807) is 11.6 Å². The van der Waals surface area contributed by atoms with Gasteiger partial charge in [-0.25, -0.2) is 4.98 Å². The molecule has 1 aromatic carbocycles. The van der Waals surface area contributed by atoms with Gasteiger partial charge in [-0.3, -0.25) is 0 Å². The molecule has 0 aliphatic heterocycles. The molecule has 0 fully saturated rings. The van der Waals surface area contributed by atoms with Gasteiger partial charge in [0.05, 0.1) is 0 Å². The molecule has 2 rings (SSSR count). The highest BCUT2D eigenvalue weighted by Crippen LogP contribution is 2.28. The van der Waals surface area contributed by atoms with Crippen LogP contribution in [0.4, 0.5) is 5.95 Å². The number of nitrogens with two attached hydrogens (primary N) is 1. The summed E-state index contributed by atoms with van der Waals surface area (Å²) < 4.78 is 1.68. The molecular weight excluding hydrogens is 234 g/mol. The molecule has 0 saturated heterocycles. The van der Waals surface area contributed by atoms with Crippen LogP contribution in [0.15, 0.2) is 24.3 Å². The lowest BCUT2D eigenvalue weighted by atomic mass is 10.1. The van der Waals surface area contributed by atoms with E-state index >= 15 is 0 Å². The predicted molar refractivity (Wildman–Crippen MR) is 72.1 cm³/mol. The molecule has 3 nitrogen and oxygen atoms in total. The van der Waals surface area contributed by atoms with Gasteiger partial charge in [0.1, 0.15) is 10.8 Å². The molecule has 0 amide bonds. The van der Waals surface area contributed by atoms with E-state index in [-0.39, 0.29) is 0 Å². The number of nitrogens with zero attached hydrogens (tertiary/aromatic N) is 2. The Hall–Kier alpha value is -1.48. The third kappa shape index (κ3) is 2.29. The molecular formula is C13H16ClN3. The number of aryl methyl sites for hydroxylation is 1. The van der Waals surface area contributed by atoms with Crippen molar-refractivity contribution in [1.82, 2.24) is 9.55 Å². The lowest BCUT2D eigenvalue weighted by Crippen LogP contribution is -1.96. The van der Waals surface area contributed by atoms with Crippen molar-refractivity contribution in [2.75, 3.05) is 5.73 Å². The maximum atomic E-state index is 6.17. The summed E-state index contributed by atoms with van der Waals surface area (Å²) in [6, 6.07) is 8.30. The van der Waals surface area contributed by atoms with E-state index in [1.807, 2.05) is 12.1 Å². The van der Waals surface area contributed by atoms with Gasteiger partial charge in [0, 0.05) is 12.6 Å². The Bertz CT molecular complexity index is 514. The highest BCUT2D eigenvalue weighted by atomic mass is 35.5. The summed E-state index contributed by atoms with van der Waals surface area (Å²) in [7, 11) is 1.81. The van der Waals surface area contributed by atoms with Crippen molar-refractivity contribution in [3.8, 4) is 11.3 Å². The second-order valence-corrected chi connectivity index (χ2v) is 4.47. The van der Waals surface area contributed by atoms with Gasteiger partial charge in [-0.2, -0.15) is 0 Å². The van der Waals surface area contributed by atoms with Crippen molar-refractivity contribution < 1.29 is 0 Å². The van der Waals surface area contributed by atoms with Gasteiger partial charge in [-0.1, -0.05) is 49.2 Å². The zero-order valence-corrected chi connectivity index (χ0v) is 10.8. The molecule has 1 aromatic heterocycles. The maximum Gasteiger partial charge on any atom is 0.201 e. The SMILES string of the molecule is CCCc1ccc(-c2nc(N)n(C)c2Cl)cc1. The van der Waals surface area contributed by atoms with Crippen LogP contribution in [0.5, 0.6) is 0 Å². The maximum absolute atomic E-state index is 6.17. The molecule has 0 bridgehead atoms. The third-order valence-corrected chi connectivity index (χ3v) is 3.26. The Morgan fingerprint density at radius 1 is 1.29 bits per heavy atom. The minimum Gasteiger partial charge on any atom is -0.369 e. The highest BCUT2D eigenvalue weighted by Gasteiger charge is 2.12. The fraction of sp³-hybridized carbons (Fsp3) is 0.308. The number of halogens is 1. The van der Waals surface area contributed by atoms with Crippen molar-refractivity contribution >= 4 is 17.5 Å². The van der Waals surface area contributed by atoms with Crippen molar-refractivity contribution in [3.05, 3.63) is 35.0 Å². The average Bonchev–Trinajstić information content (AvgIpc) is 2.59. The first-order valence-electron chi connectivity index (χ1n) is 5.70. The third-order valence-electron chi connectivity index (χ3n) is 2.83. The van der Waals surface area contributed by atoms with E-state index in [9.17, 15) is 0 Å². The molecule has 2 N–H and O–H groups in total. The first-order chi connectivity index (χ1) is 8.13. The van der Waals surface area contributed by atoms with Crippen LogP contribution in [0, 0.1) is 0 Å². The lowest BCUT2D eigenvalue weighted by Gasteiger charge is -2.01. The zero-order valence-electron chi connectivity index (χ0n) is 10.1. The quantitative estimate of drug-likeness (QED) is 0.907. The van der Waals surface area contributed by atoms with Crippen LogP contribution < -0.4 is 5.73 Å². The van der Waals surface area contributed by atoms with Crippen molar-refractivity contribution in [2.24, 2.45) is 7.05 Å². The smallest absolute Gasteiger partial charge is 0.201 e. The second-order valence-electron chi connectivity index (χ2n) is 4.12. The first kappa shape index (κ1) is 12.0. The van der Waals surface area contributed by atoms with Crippen LogP contribution in [-0.2, 0) is 13.5 Å². The van der Waals surface area contributed by atoms with Gasteiger partial charge < -0.3 is 10.3 Å². The van der Waals surface area contributed by atoms with E-state index in [0.29, 0.717) is 11.1 Å². The number of nitrogen functional groups attached to an aromatic ring is 1. The van der Waals surface area contributed by atoms with Crippen LogP contribution >= 0.6 is 11.6 Å². The van der Waals surface area contributed by atoms with Crippen LogP contribution in [0.1, 0.15) is 18.9 Å². The fourth-order valence-corrected chi connectivity index (χ4v) is 2.03. The number of hydrogen-bond acceptors (Lipinski definition) is 2. The topological polar surface area (TPSA) is 43.8 Å². The van der Waals surface area contributed by atoms with Crippen LogP contribution in [-0.4, -0.2) is 9.55 Å². The summed E-state index contributed by atoms with van der Waals surface area (Å²) in [5.74, 6) is 0.433. The summed E-state index contributed by atoms with van der Waals surface area (Å²) in [6.45, 7) is 2.17. The molecule has 4 heteroatoms. The van der Waals surface area contributed by atoms with Crippen molar-refractivity contribution in [3.63, 3.8) is 0 Å². The zero-order chi connectivity index (χ0) is 12.4. The number of benzene rings is 1. The van der Waals surface area contributed by atoms with Crippen molar-refractivity contribution in [1.29, 1.82) is 0 Å². The molecule has 0 aliphatic rings. The first-order valence-corrected chi connectivity index (χ1v) is 6.08. The number of anilines is 1. The van der Waals surface area contributed by atoms with E-state index in [2.05, 4.69) is 24.0 Å². The minimum atomic E-state index is 0.433. The summed E-state index contributed by atoms with van der Waals surface area (Å²) in [5, 5.41) is 0.575. The monoisotopic (exact) mass is 249 g/mol. The molecule has 0 unspecified atom stereocenters. The number of imidazole rings is 1. The van der Waals surface area contributed by atoms with Crippen LogP contribution in [0.3, 0.4) is 0 Å². The van der Waals surface area contributed by atoms with E-state index < -0.39 is 0 Å². The molecule has 0 spiro atoms. The Labute approximate surface area is 106 Å². The van der Waals surface area contributed by atoms with Gasteiger partial charge in [-0.05, 0) is 12.0 Å². The van der Waals surface area contributed by atoms with Crippen LogP contribution in [0.2, 0.25) is 5.15 Å². The number of hydrogen-bond donors (Lipinski definition) is 1. The van der Waals surface area contributed by atoms with Crippen LogP contribution in [0.25, 0.3) is 11.3 Å². The van der Waals surface area contributed by atoms with E-state index in [1.165, 1.54) is 5.56 Å². The highest BCUT2D eigenvalue weighted by molar-refractivity contribution is 6.32. The van der Waals surface area contributed by atoms with Gasteiger partial charge in [0.15, 0.2) is 0 Å². The molecule has 0 saturated carbocycles. The Morgan fingerprint density at radius 2 is 1.94 bits per heavy atom. The van der Waals surface area contributed by atoms with Gasteiger partial charge in [-0.15, -0.1) is 0 Å². The summed E-state index contributed by atoms with van der Waals surface area (Å²) in [6.07, 6.45) is 2.25.